The summed E-state index contributed by atoms with van der Waals surface area (Å²) in [7, 11) is 6.11. The van der Waals surface area contributed by atoms with Crippen LogP contribution in [0.15, 0.2) is 72.8 Å². The smallest absolute Gasteiger partial charge is 0.411 e. The van der Waals surface area contributed by atoms with Gasteiger partial charge in [0.15, 0.2) is 5.75 Å². The van der Waals surface area contributed by atoms with Gasteiger partial charge in [-0.2, -0.15) is 0 Å². The van der Waals surface area contributed by atoms with Gasteiger partial charge in [-0.15, -0.1) is 0 Å². The molecule has 3 N–H and O–H groups in total. The molecule has 0 aromatic heterocycles. The Kier molecular flexibility index (Phi) is 9.09. The first-order chi connectivity index (χ1) is 20.4. The van der Waals surface area contributed by atoms with Crippen LogP contribution in [0.2, 0.25) is 0 Å². The van der Waals surface area contributed by atoms with Crippen molar-refractivity contribution in [3.8, 4) is 17.2 Å². The highest BCUT2D eigenvalue weighted by Gasteiger charge is 2.22. The minimum absolute atomic E-state index is 0.126. The van der Waals surface area contributed by atoms with Gasteiger partial charge < -0.3 is 29.7 Å². The fraction of sp³-hybridized carbons (Fsp3) is 0.242. The van der Waals surface area contributed by atoms with Crippen LogP contribution in [0.3, 0.4) is 0 Å². The number of nitrogens with one attached hydrogen (secondary N) is 3. The van der Waals surface area contributed by atoms with Crippen LogP contribution in [-0.2, 0) is 10.2 Å². The number of anilines is 3. The predicted molar refractivity (Wildman–Crippen MR) is 169 cm³/mol. The number of fused-ring (bicyclic) bond motifs is 1. The minimum Gasteiger partial charge on any atom is -0.492 e. The van der Waals surface area contributed by atoms with E-state index in [1.807, 2.05) is 51.1 Å². The highest BCUT2D eigenvalue weighted by atomic mass is 16.5. The van der Waals surface area contributed by atoms with Crippen LogP contribution >= 0.6 is 0 Å². The summed E-state index contributed by atoms with van der Waals surface area (Å²) in [6, 6.07) is 21.1. The number of amides is 4. The summed E-state index contributed by atoms with van der Waals surface area (Å²) < 4.78 is 16.5. The molecule has 0 bridgehead atoms. The third-order valence-corrected chi connectivity index (χ3v) is 6.68. The number of rotatable bonds is 7. The van der Waals surface area contributed by atoms with Gasteiger partial charge in [0.25, 0.3) is 5.91 Å². The Balaban J connectivity index is 1.63. The Labute approximate surface area is 250 Å². The zero-order chi connectivity index (χ0) is 31.3. The van der Waals surface area contributed by atoms with Gasteiger partial charge in [0.1, 0.15) is 11.5 Å². The lowest BCUT2D eigenvalue weighted by atomic mass is 9.86. The van der Waals surface area contributed by atoms with Crippen LogP contribution in [0, 0.1) is 0 Å². The van der Waals surface area contributed by atoms with E-state index in [9.17, 15) is 14.4 Å². The average molecular weight is 585 g/mol. The number of carbonyl (C=O) groups is 3. The number of carbonyl (C=O) groups excluding carboxylic acids is 3. The summed E-state index contributed by atoms with van der Waals surface area (Å²) in [6.07, 6.45) is -0.662. The lowest BCUT2D eigenvalue weighted by Gasteiger charge is -2.24. The van der Waals surface area contributed by atoms with E-state index >= 15 is 0 Å². The molecule has 0 atom stereocenters. The quantitative estimate of drug-likeness (QED) is 0.207. The van der Waals surface area contributed by atoms with Gasteiger partial charge in [-0.3, -0.25) is 10.1 Å². The Morgan fingerprint density at radius 2 is 1.40 bits per heavy atom. The average Bonchev–Trinajstić information content (AvgIpc) is 2.97. The molecule has 10 nitrogen and oxygen atoms in total. The van der Waals surface area contributed by atoms with E-state index in [1.165, 1.54) is 19.1 Å². The fourth-order valence-electron chi connectivity index (χ4n) is 4.45. The SMILES string of the molecule is COC(=O)Nc1cc(C(C)(C)C)cc(NC(=O)Nc2ccc(Oc3cccc(C(=O)N(C)C)c3)c3ccccc23)c1OC. The van der Waals surface area contributed by atoms with Gasteiger partial charge in [-0.25, -0.2) is 9.59 Å². The summed E-state index contributed by atoms with van der Waals surface area (Å²) >= 11 is 0. The van der Waals surface area contributed by atoms with Crippen molar-refractivity contribution in [2.75, 3.05) is 44.3 Å². The van der Waals surface area contributed by atoms with Crippen molar-refractivity contribution in [3.05, 3.63) is 83.9 Å². The minimum atomic E-state index is -0.662. The first-order valence-electron chi connectivity index (χ1n) is 13.6. The van der Waals surface area contributed by atoms with Crippen molar-refractivity contribution < 1.29 is 28.6 Å². The Morgan fingerprint density at radius 3 is 2.02 bits per heavy atom. The van der Waals surface area contributed by atoms with E-state index in [4.69, 9.17) is 14.2 Å². The first-order valence-corrected chi connectivity index (χ1v) is 13.6. The van der Waals surface area contributed by atoms with Crippen LogP contribution in [0.4, 0.5) is 26.7 Å². The van der Waals surface area contributed by atoms with Crippen molar-refractivity contribution in [3.63, 3.8) is 0 Å². The Bertz CT molecular complexity index is 1680. The number of hydrogen-bond donors (Lipinski definition) is 3. The zero-order valence-electron chi connectivity index (χ0n) is 25.3. The lowest BCUT2D eigenvalue weighted by molar-refractivity contribution is 0.0827. The molecule has 4 amide bonds. The fourth-order valence-corrected chi connectivity index (χ4v) is 4.45. The van der Waals surface area contributed by atoms with E-state index in [2.05, 4.69) is 16.0 Å². The van der Waals surface area contributed by atoms with Crippen LogP contribution in [-0.4, -0.2) is 51.2 Å². The predicted octanol–water partition coefficient (Wildman–Crippen LogP) is 7.46. The van der Waals surface area contributed by atoms with E-state index in [1.54, 1.807) is 56.6 Å². The number of methoxy groups -OCH3 is 2. The number of hydrogen-bond acceptors (Lipinski definition) is 6. The van der Waals surface area contributed by atoms with E-state index in [-0.39, 0.29) is 17.1 Å². The summed E-state index contributed by atoms with van der Waals surface area (Å²) in [5.41, 5.74) is 2.36. The van der Waals surface area contributed by atoms with Crippen molar-refractivity contribution in [2.24, 2.45) is 0 Å². The van der Waals surface area contributed by atoms with E-state index in [0.717, 1.165) is 16.3 Å². The molecule has 0 saturated carbocycles. The molecule has 0 radical (unpaired) electrons. The maximum atomic E-state index is 13.3. The number of ether oxygens (including phenoxy) is 3. The molecule has 0 fully saturated rings. The number of urea groups is 1. The molecule has 4 aromatic rings. The largest absolute Gasteiger partial charge is 0.492 e. The molecule has 0 spiro atoms. The van der Waals surface area contributed by atoms with Crippen molar-refractivity contribution in [2.45, 2.75) is 26.2 Å². The van der Waals surface area contributed by atoms with Crippen LogP contribution in [0.1, 0.15) is 36.7 Å². The second-order valence-electron chi connectivity index (χ2n) is 11.0. The van der Waals surface area contributed by atoms with Gasteiger partial charge in [0.2, 0.25) is 0 Å². The molecule has 0 aliphatic heterocycles. The molecule has 0 heterocycles. The van der Waals surface area contributed by atoms with E-state index in [0.29, 0.717) is 34.1 Å². The molecule has 4 rings (SSSR count). The van der Waals surface area contributed by atoms with Gasteiger partial charge in [-0.1, -0.05) is 51.1 Å². The highest BCUT2D eigenvalue weighted by Crippen LogP contribution is 2.39. The van der Waals surface area contributed by atoms with Crippen LogP contribution in [0.25, 0.3) is 10.8 Å². The van der Waals surface area contributed by atoms with Gasteiger partial charge in [0.05, 0.1) is 31.3 Å². The van der Waals surface area contributed by atoms with Crippen molar-refractivity contribution >= 4 is 45.9 Å². The van der Waals surface area contributed by atoms with Crippen LogP contribution in [0.5, 0.6) is 17.2 Å². The zero-order valence-corrected chi connectivity index (χ0v) is 25.3. The van der Waals surface area contributed by atoms with Crippen molar-refractivity contribution in [1.29, 1.82) is 0 Å². The maximum absolute atomic E-state index is 13.3. The topological polar surface area (TPSA) is 118 Å². The van der Waals surface area contributed by atoms with Gasteiger partial charge in [-0.05, 0) is 53.4 Å². The molecular formula is C33H36N4O6. The molecule has 0 unspecified atom stereocenters. The second-order valence-corrected chi connectivity index (χ2v) is 11.0. The monoisotopic (exact) mass is 584 g/mol. The Morgan fingerprint density at radius 1 is 0.744 bits per heavy atom. The standard InChI is InChI=1S/C33H36N4O6/c1-33(2,3)21-18-26(29(41-6)27(19-21)36-32(40)42-7)35-31(39)34-25-15-16-28(24-14-9-8-13-23(24)25)43-22-12-10-11-20(17-22)30(38)37(4)5/h8-19H,1-7H3,(H,36,40)(H2,34,35,39). The molecule has 43 heavy (non-hydrogen) atoms. The van der Waals surface area contributed by atoms with Gasteiger partial charge in [0, 0.05) is 30.4 Å². The van der Waals surface area contributed by atoms with Crippen LogP contribution < -0.4 is 25.4 Å². The summed E-state index contributed by atoms with van der Waals surface area (Å²) in [5, 5.41) is 9.96. The Hall–Kier alpha value is -5.25. The summed E-state index contributed by atoms with van der Waals surface area (Å²) in [4.78, 5) is 39.3. The summed E-state index contributed by atoms with van der Waals surface area (Å²) in [6.45, 7) is 6.06. The van der Waals surface area contributed by atoms with E-state index < -0.39 is 12.1 Å². The third-order valence-electron chi connectivity index (χ3n) is 6.68. The maximum Gasteiger partial charge on any atom is 0.411 e. The molecule has 0 saturated heterocycles. The third kappa shape index (κ3) is 7.16. The summed E-state index contributed by atoms with van der Waals surface area (Å²) in [5.74, 6) is 1.23. The molecule has 224 valence electrons. The number of nitrogens with zero attached hydrogens (tertiary/aromatic N) is 1. The van der Waals surface area contributed by atoms with Gasteiger partial charge >= 0.3 is 12.1 Å². The normalized spacial score (nSPS) is 11.0. The highest BCUT2D eigenvalue weighted by molar-refractivity contribution is 6.08. The second kappa shape index (κ2) is 12.7. The number of benzene rings is 4. The molecule has 0 aliphatic rings. The molecule has 10 heteroatoms. The lowest BCUT2D eigenvalue weighted by Crippen LogP contribution is -2.22. The molecule has 4 aromatic carbocycles. The van der Waals surface area contributed by atoms with Crippen molar-refractivity contribution in [1.82, 2.24) is 4.90 Å². The first kappa shape index (κ1) is 30.7. The molecular weight excluding hydrogens is 548 g/mol. The molecule has 0 aliphatic carbocycles.